The van der Waals surface area contributed by atoms with Crippen LogP contribution in [0.1, 0.15) is 51.0 Å². The molecular weight excluding hydrogens is 248 g/mol. The Bertz CT molecular complexity index is 427. The van der Waals surface area contributed by atoms with E-state index in [4.69, 9.17) is 5.73 Å². The molecule has 3 rings (SSSR count). The minimum absolute atomic E-state index is 0.248. The standard InChI is InChI=1S/C16H28N4/c1-2-20-13-14(12-18-20)11-15(17)16(7-3-4-8-16)19-9-5-6-10-19/h12-13,15H,2-11,17H2,1H3. The van der Waals surface area contributed by atoms with Gasteiger partial charge in [0.2, 0.25) is 0 Å². The van der Waals surface area contributed by atoms with Gasteiger partial charge in [-0.1, -0.05) is 12.8 Å². The summed E-state index contributed by atoms with van der Waals surface area (Å²) in [5, 5.41) is 4.38. The highest BCUT2D eigenvalue weighted by molar-refractivity contribution is 5.12. The van der Waals surface area contributed by atoms with Gasteiger partial charge in [0.25, 0.3) is 0 Å². The van der Waals surface area contributed by atoms with Crippen molar-refractivity contribution >= 4 is 0 Å². The lowest BCUT2D eigenvalue weighted by Gasteiger charge is -2.43. The van der Waals surface area contributed by atoms with E-state index in [2.05, 4.69) is 23.1 Å². The Balaban J connectivity index is 1.73. The summed E-state index contributed by atoms with van der Waals surface area (Å²) in [5.74, 6) is 0. The summed E-state index contributed by atoms with van der Waals surface area (Å²) in [7, 11) is 0. The summed E-state index contributed by atoms with van der Waals surface area (Å²) in [4.78, 5) is 2.70. The molecule has 0 radical (unpaired) electrons. The first kappa shape index (κ1) is 14.1. The van der Waals surface area contributed by atoms with Gasteiger partial charge in [0.05, 0.1) is 6.20 Å². The van der Waals surface area contributed by atoms with Crippen LogP contribution < -0.4 is 5.73 Å². The van der Waals surface area contributed by atoms with Crippen molar-refractivity contribution in [1.82, 2.24) is 14.7 Å². The highest BCUT2D eigenvalue weighted by Gasteiger charge is 2.45. The number of aryl methyl sites for hydroxylation is 1. The fourth-order valence-corrected chi connectivity index (χ4v) is 4.20. The van der Waals surface area contributed by atoms with Crippen LogP contribution in [0.2, 0.25) is 0 Å². The number of aromatic nitrogens is 2. The third kappa shape index (κ3) is 2.51. The molecule has 0 aromatic carbocycles. The highest BCUT2D eigenvalue weighted by atomic mass is 15.3. The molecule has 2 fully saturated rings. The lowest BCUT2D eigenvalue weighted by Crippen LogP contribution is -2.58. The molecule has 4 heteroatoms. The molecule has 1 saturated heterocycles. The normalized spacial score (nSPS) is 24.3. The maximum absolute atomic E-state index is 6.70. The van der Waals surface area contributed by atoms with E-state index in [-0.39, 0.29) is 11.6 Å². The molecule has 1 aliphatic heterocycles. The average molecular weight is 276 g/mol. The van der Waals surface area contributed by atoms with Gasteiger partial charge in [0.1, 0.15) is 0 Å². The molecule has 1 saturated carbocycles. The molecule has 1 aliphatic carbocycles. The molecule has 2 N–H and O–H groups in total. The van der Waals surface area contributed by atoms with Gasteiger partial charge < -0.3 is 5.73 Å². The lowest BCUT2D eigenvalue weighted by atomic mass is 9.83. The summed E-state index contributed by atoms with van der Waals surface area (Å²) in [5.41, 5.74) is 8.26. The van der Waals surface area contributed by atoms with Gasteiger partial charge in [0, 0.05) is 24.3 Å². The van der Waals surface area contributed by atoms with Crippen molar-refractivity contribution in [3.8, 4) is 0 Å². The van der Waals surface area contributed by atoms with Gasteiger partial charge in [-0.2, -0.15) is 5.10 Å². The first-order chi connectivity index (χ1) is 9.74. The molecule has 0 bridgehead atoms. The topological polar surface area (TPSA) is 47.1 Å². The molecule has 0 amide bonds. The van der Waals surface area contributed by atoms with E-state index < -0.39 is 0 Å². The Labute approximate surface area is 122 Å². The van der Waals surface area contributed by atoms with Crippen LogP contribution >= 0.6 is 0 Å². The number of nitrogens with zero attached hydrogens (tertiary/aromatic N) is 3. The van der Waals surface area contributed by atoms with E-state index in [9.17, 15) is 0 Å². The van der Waals surface area contributed by atoms with Crippen molar-refractivity contribution in [2.75, 3.05) is 13.1 Å². The Morgan fingerprint density at radius 3 is 2.55 bits per heavy atom. The Morgan fingerprint density at radius 1 is 1.25 bits per heavy atom. The van der Waals surface area contributed by atoms with Gasteiger partial charge in [-0.05, 0) is 57.7 Å². The Kier molecular flexibility index (Phi) is 4.13. The van der Waals surface area contributed by atoms with Crippen molar-refractivity contribution in [1.29, 1.82) is 0 Å². The maximum atomic E-state index is 6.70. The minimum atomic E-state index is 0.248. The predicted octanol–water partition coefficient (Wildman–Crippen LogP) is 2.18. The van der Waals surface area contributed by atoms with Crippen LogP contribution in [0.3, 0.4) is 0 Å². The van der Waals surface area contributed by atoms with E-state index in [1.165, 1.54) is 57.2 Å². The summed E-state index contributed by atoms with van der Waals surface area (Å²) >= 11 is 0. The molecular formula is C16H28N4. The first-order valence-electron chi connectivity index (χ1n) is 8.26. The SMILES string of the molecule is CCn1cc(CC(N)C2(N3CCCC3)CCCC2)cn1. The number of hydrogen-bond donors (Lipinski definition) is 1. The third-order valence-corrected chi connectivity index (χ3v) is 5.36. The summed E-state index contributed by atoms with van der Waals surface area (Å²) in [6, 6.07) is 0.248. The van der Waals surface area contributed by atoms with Crippen LogP contribution in [0.25, 0.3) is 0 Å². The van der Waals surface area contributed by atoms with E-state index in [0.29, 0.717) is 0 Å². The van der Waals surface area contributed by atoms with Crippen molar-refractivity contribution in [3.05, 3.63) is 18.0 Å². The van der Waals surface area contributed by atoms with Crippen LogP contribution in [0, 0.1) is 0 Å². The number of hydrogen-bond acceptors (Lipinski definition) is 3. The number of rotatable bonds is 5. The second kappa shape index (κ2) is 5.86. The van der Waals surface area contributed by atoms with Crippen LogP contribution in [0.5, 0.6) is 0 Å². The fraction of sp³-hybridized carbons (Fsp3) is 0.812. The Morgan fingerprint density at radius 2 is 1.95 bits per heavy atom. The zero-order valence-corrected chi connectivity index (χ0v) is 12.7. The molecule has 1 unspecified atom stereocenters. The monoisotopic (exact) mass is 276 g/mol. The molecule has 1 atom stereocenters. The summed E-state index contributed by atoms with van der Waals surface area (Å²) < 4.78 is 2.00. The minimum Gasteiger partial charge on any atom is -0.326 e. The van der Waals surface area contributed by atoms with Crippen molar-refractivity contribution in [3.63, 3.8) is 0 Å². The highest BCUT2D eigenvalue weighted by Crippen LogP contribution is 2.40. The van der Waals surface area contributed by atoms with Crippen LogP contribution in [-0.4, -0.2) is 39.4 Å². The third-order valence-electron chi connectivity index (χ3n) is 5.36. The second-order valence-corrected chi connectivity index (χ2v) is 6.52. The quantitative estimate of drug-likeness (QED) is 0.896. The lowest BCUT2D eigenvalue weighted by molar-refractivity contribution is 0.0921. The van der Waals surface area contributed by atoms with Gasteiger partial charge in [-0.15, -0.1) is 0 Å². The fourth-order valence-electron chi connectivity index (χ4n) is 4.20. The molecule has 112 valence electrons. The smallest absolute Gasteiger partial charge is 0.0522 e. The number of nitrogens with two attached hydrogens (primary N) is 1. The molecule has 1 aromatic rings. The molecule has 2 aliphatic rings. The van der Waals surface area contributed by atoms with Crippen molar-refractivity contribution in [2.45, 2.75) is 70.0 Å². The zero-order chi connectivity index (χ0) is 14.0. The van der Waals surface area contributed by atoms with Crippen LogP contribution in [0.15, 0.2) is 12.4 Å². The molecule has 0 spiro atoms. The Hall–Kier alpha value is -0.870. The molecule has 1 aromatic heterocycles. The number of likely N-dealkylation sites (tertiary alicyclic amines) is 1. The van der Waals surface area contributed by atoms with E-state index in [1.54, 1.807) is 0 Å². The summed E-state index contributed by atoms with van der Waals surface area (Å²) in [6.07, 6.45) is 13.1. The molecule has 4 nitrogen and oxygen atoms in total. The van der Waals surface area contributed by atoms with Gasteiger partial charge >= 0.3 is 0 Å². The second-order valence-electron chi connectivity index (χ2n) is 6.52. The molecule has 20 heavy (non-hydrogen) atoms. The van der Waals surface area contributed by atoms with Crippen LogP contribution in [0.4, 0.5) is 0 Å². The summed E-state index contributed by atoms with van der Waals surface area (Å²) in [6.45, 7) is 5.57. The van der Waals surface area contributed by atoms with Crippen LogP contribution in [-0.2, 0) is 13.0 Å². The first-order valence-corrected chi connectivity index (χ1v) is 8.26. The van der Waals surface area contributed by atoms with Gasteiger partial charge in [0.15, 0.2) is 0 Å². The van der Waals surface area contributed by atoms with Gasteiger partial charge in [-0.3, -0.25) is 9.58 Å². The largest absolute Gasteiger partial charge is 0.326 e. The van der Waals surface area contributed by atoms with E-state index in [0.717, 1.165) is 13.0 Å². The predicted molar refractivity (Wildman–Crippen MR) is 81.6 cm³/mol. The maximum Gasteiger partial charge on any atom is 0.0522 e. The average Bonchev–Trinajstić information content (AvgIpc) is 3.19. The van der Waals surface area contributed by atoms with Gasteiger partial charge in [-0.25, -0.2) is 0 Å². The van der Waals surface area contributed by atoms with Crippen molar-refractivity contribution < 1.29 is 0 Å². The van der Waals surface area contributed by atoms with Crippen molar-refractivity contribution in [2.24, 2.45) is 5.73 Å². The molecule has 2 heterocycles. The van der Waals surface area contributed by atoms with E-state index >= 15 is 0 Å². The zero-order valence-electron chi connectivity index (χ0n) is 12.7. The van der Waals surface area contributed by atoms with E-state index in [1.807, 2.05) is 10.9 Å².